The van der Waals surface area contributed by atoms with Crippen LogP contribution in [0.3, 0.4) is 0 Å². The molecule has 0 unspecified atom stereocenters. The Labute approximate surface area is 96.3 Å². The molecule has 2 heterocycles. The van der Waals surface area contributed by atoms with E-state index in [0.29, 0.717) is 17.9 Å². The van der Waals surface area contributed by atoms with Gasteiger partial charge in [0.2, 0.25) is 0 Å². The van der Waals surface area contributed by atoms with Crippen molar-refractivity contribution in [2.45, 2.75) is 18.6 Å². The van der Waals surface area contributed by atoms with Crippen LogP contribution in [0.4, 0.5) is 0 Å². The summed E-state index contributed by atoms with van der Waals surface area (Å²) in [4.78, 5) is 0. The van der Waals surface area contributed by atoms with Crippen molar-refractivity contribution in [2.75, 3.05) is 0 Å². The third-order valence-corrected chi connectivity index (χ3v) is 3.18. The maximum atomic E-state index is 11.2. The van der Waals surface area contributed by atoms with E-state index in [2.05, 4.69) is 10.2 Å². The molecule has 6 nitrogen and oxygen atoms in total. The minimum Gasteiger partial charge on any atom is -0.472 e. The summed E-state index contributed by atoms with van der Waals surface area (Å²) in [6.45, 7) is 2.17. The van der Waals surface area contributed by atoms with Gasteiger partial charge in [-0.3, -0.25) is 4.57 Å². The predicted octanol–water partition coefficient (Wildman–Crippen LogP) is 1.49. The highest BCUT2D eigenvalue weighted by Crippen LogP contribution is 2.22. The fourth-order valence-corrected chi connectivity index (χ4v) is 2.32. The zero-order chi connectivity index (χ0) is 11.8. The molecule has 8 heteroatoms. The van der Waals surface area contributed by atoms with Crippen molar-refractivity contribution in [3.63, 3.8) is 0 Å². The second-order valence-corrected chi connectivity index (χ2v) is 5.46. The first-order chi connectivity index (χ1) is 7.54. The van der Waals surface area contributed by atoms with Gasteiger partial charge in [-0.25, -0.2) is 8.42 Å². The van der Waals surface area contributed by atoms with E-state index in [0.717, 1.165) is 0 Å². The molecule has 86 valence electrons. The number of nitrogens with zero attached hydrogens (tertiary/aromatic N) is 3. The quantitative estimate of drug-likeness (QED) is 0.782. The molecule has 0 aliphatic carbocycles. The van der Waals surface area contributed by atoms with Gasteiger partial charge in [0, 0.05) is 17.2 Å². The Morgan fingerprint density at radius 1 is 1.50 bits per heavy atom. The predicted molar refractivity (Wildman–Crippen MR) is 56.4 cm³/mol. The van der Waals surface area contributed by atoms with Gasteiger partial charge in [-0.05, 0) is 13.0 Å². The SMILES string of the molecule is CCn1c(-c2ccoc2)nnc1S(=O)(=O)Cl. The number of halogens is 1. The molecule has 0 N–H and O–H groups in total. The van der Waals surface area contributed by atoms with Crippen molar-refractivity contribution in [2.24, 2.45) is 0 Å². The van der Waals surface area contributed by atoms with Crippen molar-refractivity contribution in [1.82, 2.24) is 14.8 Å². The van der Waals surface area contributed by atoms with E-state index in [4.69, 9.17) is 15.1 Å². The third-order valence-electron chi connectivity index (χ3n) is 2.03. The first-order valence-electron chi connectivity index (χ1n) is 4.44. The highest BCUT2D eigenvalue weighted by Gasteiger charge is 2.22. The van der Waals surface area contributed by atoms with Gasteiger partial charge < -0.3 is 4.42 Å². The number of rotatable bonds is 3. The van der Waals surface area contributed by atoms with Crippen LogP contribution in [0.15, 0.2) is 28.2 Å². The van der Waals surface area contributed by atoms with E-state index in [1.54, 1.807) is 13.0 Å². The van der Waals surface area contributed by atoms with E-state index in [9.17, 15) is 8.42 Å². The standard InChI is InChI=1S/C8H8ClN3O3S/c1-2-12-7(6-3-4-15-5-6)10-11-8(12)16(9,13)14/h3-5H,2H2,1H3. The first kappa shape index (κ1) is 11.2. The minimum absolute atomic E-state index is 0.257. The van der Waals surface area contributed by atoms with Crippen LogP contribution in [-0.4, -0.2) is 23.2 Å². The average molecular weight is 262 g/mol. The Bertz CT molecular complexity index is 588. The molecule has 0 saturated heterocycles. The van der Waals surface area contributed by atoms with Crippen LogP contribution in [0.2, 0.25) is 0 Å². The highest BCUT2D eigenvalue weighted by atomic mass is 35.7. The van der Waals surface area contributed by atoms with Crippen molar-refractivity contribution < 1.29 is 12.8 Å². The van der Waals surface area contributed by atoms with E-state index in [1.807, 2.05) is 0 Å². The van der Waals surface area contributed by atoms with Crippen molar-refractivity contribution in [3.8, 4) is 11.4 Å². The molecule has 0 atom stereocenters. The normalized spacial score (nSPS) is 11.9. The van der Waals surface area contributed by atoms with Crippen LogP contribution < -0.4 is 0 Å². The lowest BCUT2D eigenvalue weighted by Gasteiger charge is -2.02. The second kappa shape index (κ2) is 3.91. The van der Waals surface area contributed by atoms with Gasteiger partial charge in [0.1, 0.15) is 6.26 Å². The summed E-state index contributed by atoms with van der Waals surface area (Å²) in [5, 5.41) is 7.09. The van der Waals surface area contributed by atoms with Crippen LogP contribution in [0.1, 0.15) is 6.92 Å². The average Bonchev–Trinajstić information content (AvgIpc) is 2.84. The minimum atomic E-state index is -3.88. The lowest BCUT2D eigenvalue weighted by molar-refractivity contribution is 0.566. The smallest absolute Gasteiger partial charge is 0.296 e. The summed E-state index contributed by atoms with van der Waals surface area (Å²) in [6, 6.07) is 1.67. The molecule has 0 spiro atoms. The van der Waals surface area contributed by atoms with Gasteiger partial charge in [-0.15, -0.1) is 10.2 Å². The van der Waals surface area contributed by atoms with Crippen molar-refractivity contribution >= 4 is 19.7 Å². The highest BCUT2D eigenvalue weighted by molar-refractivity contribution is 8.13. The van der Waals surface area contributed by atoms with Crippen molar-refractivity contribution in [1.29, 1.82) is 0 Å². The Morgan fingerprint density at radius 3 is 2.75 bits per heavy atom. The summed E-state index contributed by atoms with van der Waals surface area (Å²) in [5.41, 5.74) is 0.654. The number of furan rings is 1. The molecule has 16 heavy (non-hydrogen) atoms. The van der Waals surface area contributed by atoms with Gasteiger partial charge in [0.15, 0.2) is 5.82 Å². The van der Waals surface area contributed by atoms with Crippen LogP contribution in [-0.2, 0) is 15.6 Å². The van der Waals surface area contributed by atoms with Crippen LogP contribution >= 0.6 is 10.7 Å². The lowest BCUT2D eigenvalue weighted by atomic mass is 10.3. The Hall–Kier alpha value is -1.34. The largest absolute Gasteiger partial charge is 0.472 e. The first-order valence-corrected chi connectivity index (χ1v) is 6.75. The molecule has 0 aromatic carbocycles. The number of hydrogen-bond acceptors (Lipinski definition) is 5. The maximum Gasteiger partial charge on any atom is 0.296 e. The molecule has 2 aromatic heterocycles. The molecule has 0 fully saturated rings. The topological polar surface area (TPSA) is 78.0 Å². The lowest BCUT2D eigenvalue weighted by Crippen LogP contribution is -2.05. The van der Waals surface area contributed by atoms with E-state index < -0.39 is 9.05 Å². The van der Waals surface area contributed by atoms with Gasteiger partial charge in [0.25, 0.3) is 14.2 Å². The second-order valence-electron chi connectivity index (χ2n) is 3.00. The summed E-state index contributed by atoms with van der Waals surface area (Å²) in [7, 11) is 1.36. The zero-order valence-electron chi connectivity index (χ0n) is 8.29. The zero-order valence-corrected chi connectivity index (χ0v) is 9.86. The fraction of sp³-hybridized carbons (Fsp3) is 0.250. The van der Waals surface area contributed by atoms with Gasteiger partial charge in [-0.1, -0.05) is 0 Å². The van der Waals surface area contributed by atoms with E-state index >= 15 is 0 Å². The molecule has 0 aliphatic heterocycles. The molecule has 2 rings (SSSR count). The summed E-state index contributed by atoms with van der Waals surface area (Å²) >= 11 is 0. The summed E-state index contributed by atoms with van der Waals surface area (Å²) in [6.07, 6.45) is 2.93. The molecule has 0 saturated carbocycles. The monoisotopic (exact) mass is 261 g/mol. The van der Waals surface area contributed by atoms with Gasteiger partial charge in [-0.2, -0.15) is 0 Å². The molecule has 2 aromatic rings. The number of aromatic nitrogens is 3. The Morgan fingerprint density at radius 2 is 2.25 bits per heavy atom. The molecule has 0 radical (unpaired) electrons. The molecular weight excluding hydrogens is 254 g/mol. The Kier molecular flexibility index (Phi) is 2.73. The number of hydrogen-bond donors (Lipinski definition) is 0. The molecule has 0 aliphatic rings. The fourth-order valence-electron chi connectivity index (χ4n) is 1.36. The van der Waals surface area contributed by atoms with Gasteiger partial charge >= 0.3 is 0 Å². The maximum absolute atomic E-state index is 11.2. The molecule has 0 amide bonds. The van der Waals surface area contributed by atoms with Crippen molar-refractivity contribution in [3.05, 3.63) is 18.6 Å². The van der Waals surface area contributed by atoms with E-state index in [1.165, 1.54) is 17.1 Å². The van der Waals surface area contributed by atoms with Gasteiger partial charge in [0.05, 0.1) is 11.8 Å². The van der Waals surface area contributed by atoms with Crippen LogP contribution in [0.5, 0.6) is 0 Å². The van der Waals surface area contributed by atoms with Crippen LogP contribution in [0, 0.1) is 0 Å². The molecule has 0 bridgehead atoms. The van der Waals surface area contributed by atoms with Crippen LogP contribution in [0.25, 0.3) is 11.4 Å². The Balaban J connectivity index is 2.63. The summed E-state index contributed by atoms with van der Waals surface area (Å²) in [5.74, 6) is 0.412. The summed E-state index contributed by atoms with van der Waals surface area (Å²) < 4.78 is 28.7. The van der Waals surface area contributed by atoms with E-state index in [-0.39, 0.29) is 5.16 Å². The third kappa shape index (κ3) is 1.83. The molecular formula is C8H8ClN3O3S.